The minimum absolute atomic E-state index is 0.0761. The van der Waals surface area contributed by atoms with Crippen molar-refractivity contribution in [2.45, 2.75) is 51.1 Å². The van der Waals surface area contributed by atoms with E-state index in [2.05, 4.69) is 11.9 Å². The van der Waals surface area contributed by atoms with Gasteiger partial charge in [-0.15, -0.1) is 0 Å². The highest BCUT2D eigenvalue weighted by Crippen LogP contribution is 2.20. The molecule has 2 aromatic rings. The van der Waals surface area contributed by atoms with Crippen LogP contribution in [0, 0.1) is 18.7 Å². The first-order valence-corrected chi connectivity index (χ1v) is 11.5. The summed E-state index contributed by atoms with van der Waals surface area (Å²) in [6.07, 6.45) is 3.92. The first-order valence-electron chi connectivity index (χ1n) is 10.6. The second-order valence-corrected chi connectivity index (χ2v) is 9.20. The molecule has 162 valence electrons. The minimum Gasteiger partial charge on any atom is -0.343 e. The number of thioether (sulfide) groups is 1. The van der Waals surface area contributed by atoms with Gasteiger partial charge in [-0.25, -0.2) is 9.37 Å². The van der Waals surface area contributed by atoms with Crippen molar-refractivity contribution in [3.63, 3.8) is 0 Å². The highest BCUT2D eigenvalue weighted by molar-refractivity contribution is 7.99. The second-order valence-electron chi connectivity index (χ2n) is 8.14. The minimum atomic E-state index is -0.290. The molecule has 1 fully saturated rings. The van der Waals surface area contributed by atoms with Gasteiger partial charge in [0.2, 0.25) is 5.91 Å². The van der Waals surface area contributed by atoms with Crippen LogP contribution in [0.25, 0.3) is 0 Å². The predicted octanol–water partition coefficient (Wildman–Crippen LogP) is 3.95. The predicted molar refractivity (Wildman–Crippen MR) is 118 cm³/mol. The van der Waals surface area contributed by atoms with Crippen LogP contribution in [0.4, 0.5) is 4.39 Å². The summed E-state index contributed by atoms with van der Waals surface area (Å²) in [5, 5.41) is 0.666. The summed E-state index contributed by atoms with van der Waals surface area (Å²) in [5.41, 5.74) is 2.13. The van der Waals surface area contributed by atoms with Crippen LogP contribution in [0.5, 0.6) is 0 Å². The molecule has 1 aliphatic rings. The van der Waals surface area contributed by atoms with E-state index in [1.807, 2.05) is 11.8 Å². The van der Waals surface area contributed by atoms with Crippen LogP contribution in [0.2, 0.25) is 0 Å². The average molecular weight is 432 g/mol. The molecule has 0 unspecified atom stereocenters. The lowest BCUT2D eigenvalue weighted by atomic mass is 9.99. The number of aryl methyl sites for hydroxylation is 1. The number of aromatic nitrogens is 2. The third kappa shape index (κ3) is 5.72. The summed E-state index contributed by atoms with van der Waals surface area (Å²) in [4.78, 5) is 31.8. The molecule has 1 aromatic carbocycles. The first-order chi connectivity index (χ1) is 14.3. The average Bonchev–Trinajstić information content (AvgIpc) is 2.73. The van der Waals surface area contributed by atoms with Crippen LogP contribution in [0.3, 0.4) is 0 Å². The van der Waals surface area contributed by atoms with Crippen LogP contribution >= 0.6 is 11.8 Å². The molecule has 0 N–H and O–H groups in total. The zero-order valence-electron chi connectivity index (χ0n) is 18.0. The molecule has 0 atom stereocenters. The zero-order valence-corrected chi connectivity index (χ0v) is 18.8. The Balaban J connectivity index is 1.56. The van der Waals surface area contributed by atoms with E-state index in [0.29, 0.717) is 35.2 Å². The number of likely N-dealkylation sites (tertiary alicyclic amines) is 1. The van der Waals surface area contributed by atoms with Gasteiger partial charge < -0.3 is 4.90 Å². The lowest BCUT2D eigenvalue weighted by Gasteiger charge is -2.30. The highest BCUT2D eigenvalue weighted by atomic mass is 32.2. The van der Waals surface area contributed by atoms with Crippen molar-refractivity contribution in [3.05, 3.63) is 57.3 Å². The zero-order chi connectivity index (χ0) is 21.7. The number of piperidine rings is 1. The second kappa shape index (κ2) is 10.2. The van der Waals surface area contributed by atoms with E-state index in [1.165, 1.54) is 23.9 Å². The monoisotopic (exact) mass is 431 g/mol. The molecule has 1 aromatic heterocycles. The number of carbonyl (C=O) groups is 1. The van der Waals surface area contributed by atoms with Crippen molar-refractivity contribution in [3.8, 4) is 0 Å². The van der Waals surface area contributed by atoms with E-state index in [-0.39, 0.29) is 17.3 Å². The summed E-state index contributed by atoms with van der Waals surface area (Å²) in [7, 11) is 1.73. The fourth-order valence-corrected chi connectivity index (χ4v) is 4.62. The molecule has 0 aliphatic carbocycles. The Morgan fingerprint density at radius 2 is 1.90 bits per heavy atom. The lowest BCUT2D eigenvalue weighted by Crippen LogP contribution is -2.37. The molecule has 30 heavy (non-hydrogen) atoms. The van der Waals surface area contributed by atoms with Gasteiger partial charge in [-0.1, -0.05) is 30.8 Å². The Hall–Kier alpha value is -2.15. The Bertz CT molecular complexity index is 935. The normalized spacial score (nSPS) is 14.9. The summed E-state index contributed by atoms with van der Waals surface area (Å²) in [6.45, 7) is 5.82. The topological polar surface area (TPSA) is 55.2 Å². The molecule has 1 aliphatic heterocycles. The SMILES string of the molecule is Cc1nc(SCCCC(=O)N2CCC(C)CC2)n(C)c(=O)c1Cc1ccc(F)cc1. The van der Waals surface area contributed by atoms with Crippen LogP contribution in [-0.4, -0.2) is 39.2 Å². The molecule has 2 heterocycles. The van der Waals surface area contributed by atoms with Gasteiger partial charge in [0.05, 0.1) is 0 Å². The van der Waals surface area contributed by atoms with Gasteiger partial charge >= 0.3 is 0 Å². The maximum Gasteiger partial charge on any atom is 0.257 e. The molecular weight excluding hydrogens is 401 g/mol. The Morgan fingerprint density at radius 3 is 2.57 bits per heavy atom. The fraction of sp³-hybridized carbons (Fsp3) is 0.522. The van der Waals surface area contributed by atoms with Gasteiger partial charge in [-0.3, -0.25) is 14.2 Å². The van der Waals surface area contributed by atoms with Crippen LogP contribution in [-0.2, 0) is 18.3 Å². The van der Waals surface area contributed by atoms with Gasteiger partial charge in [-0.05, 0) is 49.8 Å². The number of hydrogen-bond acceptors (Lipinski definition) is 4. The van der Waals surface area contributed by atoms with E-state index < -0.39 is 0 Å². The maximum atomic E-state index is 13.1. The van der Waals surface area contributed by atoms with Gasteiger partial charge in [0, 0.05) is 50.0 Å². The van der Waals surface area contributed by atoms with Crippen molar-refractivity contribution in [1.82, 2.24) is 14.5 Å². The van der Waals surface area contributed by atoms with E-state index in [4.69, 9.17) is 0 Å². The Labute approximate surface area is 181 Å². The van der Waals surface area contributed by atoms with Crippen molar-refractivity contribution in [1.29, 1.82) is 0 Å². The molecule has 7 heteroatoms. The number of nitrogens with zero attached hydrogens (tertiary/aromatic N) is 3. The largest absolute Gasteiger partial charge is 0.343 e. The molecule has 0 saturated carbocycles. The van der Waals surface area contributed by atoms with Gasteiger partial charge in [-0.2, -0.15) is 0 Å². The maximum absolute atomic E-state index is 13.1. The first kappa shape index (κ1) is 22.5. The number of hydrogen-bond donors (Lipinski definition) is 0. The molecule has 5 nitrogen and oxygen atoms in total. The molecule has 3 rings (SSSR count). The van der Waals surface area contributed by atoms with E-state index >= 15 is 0 Å². The molecular formula is C23H30FN3O2S. The van der Waals surface area contributed by atoms with Crippen LogP contribution in [0.1, 0.15) is 49.4 Å². The number of halogens is 1. The molecule has 1 saturated heterocycles. The van der Waals surface area contributed by atoms with Gasteiger partial charge in [0.25, 0.3) is 5.56 Å². The van der Waals surface area contributed by atoms with Crippen molar-refractivity contribution < 1.29 is 9.18 Å². The van der Waals surface area contributed by atoms with E-state index in [1.54, 1.807) is 23.7 Å². The van der Waals surface area contributed by atoms with Gasteiger partial charge in [0.1, 0.15) is 5.82 Å². The van der Waals surface area contributed by atoms with E-state index in [9.17, 15) is 14.0 Å². The Kier molecular flexibility index (Phi) is 7.69. The Morgan fingerprint density at radius 1 is 1.23 bits per heavy atom. The summed E-state index contributed by atoms with van der Waals surface area (Å²) >= 11 is 1.51. The highest BCUT2D eigenvalue weighted by Gasteiger charge is 2.20. The van der Waals surface area contributed by atoms with Crippen LogP contribution < -0.4 is 5.56 Å². The third-order valence-corrected chi connectivity index (χ3v) is 6.86. The third-order valence-electron chi connectivity index (χ3n) is 5.75. The van der Waals surface area contributed by atoms with Crippen LogP contribution in [0.15, 0.2) is 34.2 Å². The van der Waals surface area contributed by atoms with E-state index in [0.717, 1.165) is 43.7 Å². The number of benzene rings is 1. The summed E-state index contributed by atoms with van der Waals surface area (Å²) < 4.78 is 14.7. The standard InChI is InChI=1S/C23H30FN3O2S/c1-16-10-12-27(13-11-16)21(28)5-4-14-30-23-25-17(2)20(22(29)26(23)3)15-18-6-8-19(24)9-7-18/h6-9,16H,4-5,10-15H2,1-3H3. The molecule has 0 bridgehead atoms. The molecule has 0 radical (unpaired) electrons. The molecule has 1 amide bonds. The number of amides is 1. The number of rotatable bonds is 7. The quantitative estimate of drug-likeness (QED) is 0.378. The summed E-state index contributed by atoms with van der Waals surface area (Å²) in [6, 6.07) is 6.19. The molecule has 0 spiro atoms. The van der Waals surface area contributed by atoms with Crippen molar-refractivity contribution >= 4 is 17.7 Å². The van der Waals surface area contributed by atoms with Crippen molar-refractivity contribution in [2.75, 3.05) is 18.8 Å². The lowest BCUT2D eigenvalue weighted by molar-refractivity contribution is -0.132. The van der Waals surface area contributed by atoms with Crippen molar-refractivity contribution in [2.24, 2.45) is 13.0 Å². The smallest absolute Gasteiger partial charge is 0.257 e. The summed E-state index contributed by atoms with van der Waals surface area (Å²) in [5.74, 6) is 1.40. The van der Waals surface area contributed by atoms with Gasteiger partial charge in [0.15, 0.2) is 5.16 Å². The number of carbonyl (C=O) groups excluding carboxylic acids is 1. The fourth-order valence-electron chi connectivity index (χ4n) is 3.67.